The highest BCUT2D eigenvalue weighted by Gasteiger charge is 2.28. The van der Waals surface area contributed by atoms with E-state index in [1.165, 1.54) is 23.1 Å². The largest absolute Gasteiger partial charge is 0.374 e. The van der Waals surface area contributed by atoms with Crippen LogP contribution in [-0.2, 0) is 9.59 Å². The average molecular weight is 244 g/mol. The first-order valence-corrected chi connectivity index (χ1v) is 5.94. The van der Waals surface area contributed by atoms with Gasteiger partial charge in [-0.3, -0.25) is 14.9 Å². The quantitative estimate of drug-likeness (QED) is 0.712. The number of carbonyl (C=O) groups is 2. The molecule has 1 aromatic heterocycles. The topological polar surface area (TPSA) is 98.0 Å². The summed E-state index contributed by atoms with van der Waals surface area (Å²) >= 11 is 2.53. The molecule has 0 aliphatic carbocycles. The first kappa shape index (κ1) is 10.4. The number of amides is 2. The molecule has 0 aromatic carbocycles. The van der Waals surface area contributed by atoms with Crippen LogP contribution >= 0.6 is 23.1 Å². The van der Waals surface area contributed by atoms with Crippen molar-refractivity contribution in [1.82, 2.24) is 15.5 Å². The highest BCUT2D eigenvalue weighted by atomic mass is 32.2. The molecule has 1 fully saturated rings. The molecular formula is C7H8N4O2S2. The Bertz CT molecular complexity index is 405. The minimum Gasteiger partial charge on any atom is -0.374 e. The molecule has 80 valence electrons. The summed E-state index contributed by atoms with van der Waals surface area (Å²) in [6.45, 7) is 0. The van der Waals surface area contributed by atoms with Crippen molar-refractivity contribution in [2.75, 3.05) is 5.73 Å². The van der Waals surface area contributed by atoms with Gasteiger partial charge in [-0.15, -0.1) is 10.2 Å². The number of nitrogens with two attached hydrogens (primary N) is 1. The van der Waals surface area contributed by atoms with E-state index in [9.17, 15) is 9.59 Å². The number of aromatic nitrogens is 2. The molecule has 0 radical (unpaired) electrons. The van der Waals surface area contributed by atoms with Crippen molar-refractivity contribution in [2.45, 2.75) is 22.4 Å². The predicted octanol–water partition coefficient (Wildman–Crippen LogP) is 0.0176. The fourth-order valence-electron chi connectivity index (χ4n) is 1.18. The van der Waals surface area contributed by atoms with Gasteiger partial charge in [0.15, 0.2) is 4.34 Å². The summed E-state index contributed by atoms with van der Waals surface area (Å²) in [5.41, 5.74) is 5.42. The van der Waals surface area contributed by atoms with Gasteiger partial charge in [-0.2, -0.15) is 0 Å². The second kappa shape index (κ2) is 4.15. The van der Waals surface area contributed by atoms with E-state index in [0.29, 0.717) is 22.3 Å². The highest BCUT2D eigenvalue weighted by Crippen LogP contribution is 2.30. The molecule has 1 aromatic rings. The van der Waals surface area contributed by atoms with Crippen molar-refractivity contribution in [3.63, 3.8) is 0 Å². The van der Waals surface area contributed by atoms with E-state index in [0.717, 1.165) is 0 Å². The van der Waals surface area contributed by atoms with Gasteiger partial charge in [0.25, 0.3) is 0 Å². The van der Waals surface area contributed by atoms with Gasteiger partial charge >= 0.3 is 0 Å². The van der Waals surface area contributed by atoms with E-state index in [1.807, 2.05) is 0 Å². The van der Waals surface area contributed by atoms with Crippen LogP contribution in [0.1, 0.15) is 12.8 Å². The van der Waals surface area contributed by atoms with Crippen LogP contribution in [0.4, 0.5) is 5.13 Å². The van der Waals surface area contributed by atoms with Crippen LogP contribution in [0.5, 0.6) is 0 Å². The molecule has 15 heavy (non-hydrogen) atoms. The number of carbonyl (C=O) groups excluding carboxylic acids is 2. The third-order valence-corrected chi connectivity index (χ3v) is 3.96. The van der Waals surface area contributed by atoms with E-state index in [1.54, 1.807) is 0 Å². The Hall–Kier alpha value is -1.15. The normalized spacial score (nSPS) is 21.5. The Labute approximate surface area is 93.6 Å². The first-order valence-electron chi connectivity index (χ1n) is 4.24. The average Bonchev–Trinajstić information content (AvgIpc) is 2.56. The number of piperidine rings is 1. The molecule has 1 aliphatic rings. The van der Waals surface area contributed by atoms with Gasteiger partial charge in [0.1, 0.15) is 0 Å². The molecule has 1 aliphatic heterocycles. The molecule has 8 heteroatoms. The summed E-state index contributed by atoms with van der Waals surface area (Å²) in [5, 5.41) is 9.85. The Morgan fingerprint density at radius 3 is 2.87 bits per heavy atom. The molecule has 0 bridgehead atoms. The first-order chi connectivity index (χ1) is 7.15. The zero-order valence-corrected chi connectivity index (χ0v) is 9.23. The van der Waals surface area contributed by atoms with Crippen molar-refractivity contribution in [3.05, 3.63) is 0 Å². The lowest BCUT2D eigenvalue weighted by Gasteiger charge is -2.18. The van der Waals surface area contributed by atoms with Crippen LogP contribution < -0.4 is 11.1 Å². The van der Waals surface area contributed by atoms with Crippen molar-refractivity contribution >= 4 is 40.0 Å². The van der Waals surface area contributed by atoms with E-state index >= 15 is 0 Å². The number of nitrogen functional groups attached to an aromatic ring is 1. The molecule has 2 rings (SSSR count). The lowest BCUT2D eigenvalue weighted by molar-refractivity contribution is -0.132. The van der Waals surface area contributed by atoms with Crippen LogP contribution in [-0.4, -0.2) is 27.3 Å². The summed E-state index contributed by atoms with van der Waals surface area (Å²) in [6.07, 6.45) is 0.909. The fraction of sp³-hybridized carbons (Fsp3) is 0.429. The highest BCUT2D eigenvalue weighted by molar-refractivity contribution is 8.02. The van der Waals surface area contributed by atoms with Crippen molar-refractivity contribution in [2.24, 2.45) is 0 Å². The predicted molar refractivity (Wildman–Crippen MR) is 56.4 cm³/mol. The smallest absolute Gasteiger partial charge is 0.240 e. The lowest BCUT2D eigenvalue weighted by atomic mass is 10.1. The van der Waals surface area contributed by atoms with E-state index in [2.05, 4.69) is 15.5 Å². The van der Waals surface area contributed by atoms with Gasteiger partial charge < -0.3 is 5.73 Å². The molecule has 3 N–H and O–H groups in total. The minimum absolute atomic E-state index is 0.214. The third kappa shape index (κ3) is 2.45. The molecule has 1 saturated heterocycles. The van der Waals surface area contributed by atoms with Gasteiger partial charge in [-0.05, 0) is 6.42 Å². The number of rotatable bonds is 2. The monoisotopic (exact) mass is 244 g/mol. The minimum atomic E-state index is -0.268. The molecule has 1 unspecified atom stereocenters. The van der Waals surface area contributed by atoms with Crippen LogP contribution in [0.25, 0.3) is 0 Å². The Morgan fingerprint density at radius 1 is 1.47 bits per heavy atom. The van der Waals surface area contributed by atoms with Gasteiger partial charge in [0.2, 0.25) is 16.9 Å². The van der Waals surface area contributed by atoms with E-state index < -0.39 is 0 Å². The number of hydrogen-bond acceptors (Lipinski definition) is 7. The number of thioether (sulfide) groups is 1. The maximum atomic E-state index is 11.4. The number of anilines is 1. The molecule has 2 heterocycles. The SMILES string of the molecule is Nc1nnc(SC2CCC(=O)NC2=O)s1. The fourth-order valence-corrected chi connectivity index (χ4v) is 3.05. The van der Waals surface area contributed by atoms with Crippen molar-refractivity contribution in [3.8, 4) is 0 Å². The second-order valence-corrected chi connectivity index (χ2v) is 5.42. The summed E-state index contributed by atoms with van der Waals surface area (Å²) < 4.78 is 0.655. The molecule has 2 amide bonds. The zero-order valence-electron chi connectivity index (χ0n) is 7.60. The molecule has 1 atom stereocenters. The number of nitrogens with zero attached hydrogens (tertiary/aromatic N) is 2. The van der Waals surface area contributed by atoms with Gasteiger partial charge in [0, 0.05) is 6.42 Å². The summed E-state index contributed by atoms with van der Waals surface area (Å²) in [6, 6.07) is 0. The maximum Gasteiger partial charge on any atom is 0.240 e. The summed E-state index contributed by atoms with van der Waals surface area (Å²) in [5.74, 6) is -0.473. The summed E-state index contributed by atoms with van der Waals surface area (Å²) in [7, 11) is 0. The number of hydrogen-bond donors (Lipinski definition) is 2. The Morgan fingerprint density at radius 2 is 2.27 bits per heavy atom. The molecule has 0 saturated carbocycles. The maximum absolute atomic E-state index is 11.4. The third-order valence-electron chi connectivity index (χ3n) is 1.85. The number of imide groups is 1. The van der Waals surface area contributed by atoms with E-state index in [-0.39, 0.29) is 17.1 Å². The lowest BCUT2D eigenvalue weighted by Crippen LogP contribution is -2.42. The van der Waals surface area contributed by atoms with Gasteiger partial charge in [0.05, 0.1) is 5.25 Å². The van der Waals surface area contributed by atoms with Crippen LogP contribution in [0.2, 0.25) is 0 Å². The van der Waals surface area contributed by atoms with Crippen molar-refractivity contribution < 1.29 is 9.59 Å². The number of nitrogens with one attached hydrogen (secondary N) is 1. The second-order valence-electron chi connectivity index (χ2n) is 2.96. The molecule has 6 nitrogen and oxygen atoms in total. The van der Waals surface area contributed by atoms with Gasteiger partial charge in [-0.1, -0.05) is 23.1 Å². The Kier molecular flexibility index (Phi) is 2.87. The van der Waals surface area contributed by atoms with Crippen molar-refractivity contribution in [1.29, 1.82) is 0 Å². The molecule has 0 spiro atoms. The van der Waals surface area contributed by atoms with E-state index in [4.69, 9.17) is 5.73 Å². The van der Waals surface area contributed by atoms with Crippen LogP contribution in [0.3, 0.4) is 0 Å². The van der Waals surface area contributed by atoms with Crippen LogP contribution in [0.15, 0.2) is 4.34 Å². The molecular weight excluding hydrogens is 236 g/mol. The zero-order chi connectivity index (χ0) is 10.8. The standard InChI is InChI=1S/C7H8N4O2S2/c8-6-10-11-7(15-6)14-3-1-2-4(12)9-5(3)13/h3H,1-2H2,(H2,8,10)(H,9,12,13). The van der Waals surface area contributed by atoms with Gasteiger partial charge in [-0.25, -0.2) is 0 Å². The van der Waals surface area contributed by atoms with Crippen LogP contribution in [0, 0.1) is 0 Å². The summed E-state index contributed by atoms with van der Waals surface area (Å²) in [4.78, 5) is 22.3. The Balaban J connectivity index is 2.00.